The lowest BCUT2D eigenvalue weighted by Crippen LogP contribution is -2.40. The number of aromatic nitrogens is 5. The van der Waals surface area contributed by atoms with Crippen molar-refractivity contribution in [2.45, 2.75) is 64.5 Å². The van der Waals surface area contributed by atoms with Gasteiger partial charge in [-0.25, -0.2) is 19.0 Å². The molecule has 3 aromatic heterocycles. The Labute approximate surface area is 215 Å². The van der Waals surface area contributed by atoms with Crippen LogP contribution in [0, 0.1) is 6.92 Å². The molecule has 1 aliphatic carbocycles. The maximum atomic E-state index is 13.3. The molecule has 1 atom stereocenters. The molecule has 37 heavy (non-hydrogen) atoms. The van der Waals surface area contributed by atoms with E-state index in [0.29, 0.717) is 30.2 Å². The zero-order valence-electron chi connectivity index (χ0n) is 21.7. The summed E-state index contributed by atoms with van der Waals surface area (Å²) >= 11 is 0. The first-order valence-corrected chi connectivity index (χ1v) is 13.1. The van der Waals surface area contributed by atoms with E-state index in [4.69, 9.17) is 0 Å². The summed E-state index contributed by atoms with van der Waals surface area (Å²) in [5.74, 6) is 0.861. The minimum absolute atomic E-state index is 0.0927. The van der Waals surface area contributed by atoms with Gasteiger partial charge in [-0.1, -0.05) is 19.3 Å². The van der Waals surface area contributed by atoms with E-state index < -0.39 is 0 Å². The van der Waals surface area contributed by atoms with Crippen LogP contribution < -0.4 is 26.4 Å². The van der Waals surface area contributed by atoms with Crippen LogP contribution in [0.25, 0.3) is 5.65 Å². The standard InChI is InChI=1S/C25H35N9O3/c1-4-26-25(37)29-19-15-33-20(28-19)10-11-21(30-33)32-13-12-17(14-32)27-23(35)22-16(2)31(3)34(24(22)36)18-8-6-5-7-9-18/h10-11,15,17-18H,4-9,12-14H2,1-3H3,(H,27,35)(H2,26,29,37). The lowest BCUT2D eigenvalue weighted by Gasteiger charge is -2.24. The molecule has 1 unspecified atom stereocenters. The number of hydrogen-bond acceptors (Lipinski definition) is 6. The highest BCUT2D eigenvalue weighted by Crippen LogP contribution is 2.27. The third-order valence-electron chi connectivity index (χ3n) is 7.47. The van der Waals surface area contributed by atoms with Crippen LogP contribution in [0.1, 0.15) is 67.5 Å². The van der Waals surface area contributed by atoms with E-state index in [1.165, 1.54) is 6.42 Å². The van der Waals surface area contributed by atoms with Gasteiger partial charge in [0.05, 0.1) is 12.2 Å². The number of amides is 3. The maximum Gasteiger partial charge on any atom is 0.320 e. The lowest BCUT2D eigenvalue weighted by atomic mass is 9.96. The predicted octanol–water partition coefficient (Wildman–Crippen LogP) is 2.19. The van der Waals surface area contributed by atoms with Crippen LogP contribution in [-0.2, 0) is 7.05 Å². The van der Waals surface area contributed by atoms with Crippen LogP contribution in [0.4, 0.5) is 16.4 Å². The summed E-state index contributed by atoms with van der Waals surface area (Å²) in [6.45, 7) is 5.52. The van der Waals surface area contributed by atoms with E-state index >= 15 is 0 Å². The molecule has 12 heteroatoms. The molecular formula is C25H35N9O3. The molecule has 2 fully saturated rings. The van der Waals surface area contributed by atoms with E-state index in [2.05, 4.69) is 30.9 Å². The zero-order chi connectivity index (χ0) is 26.1. The number of carbonyl (C=O) groups excluding carboxylic acids is 2. The fourth-order valence-corrected chi connectivity index (χ4v) is 5.49. The molecule has 2 aliphatic rings. The quantitative estimate of drug-likeness (QED) is 0.467. The van der Waals surface area contributed by atoms with Gasteiger partial charge < -0.3 is 15.5 Å². The summed E-state index contributed by atoms with van der Waals surface area (Å²) < 4.78 is 5.26. The predicted molar refractivity (Wildman–Crippen MR) is 140 cm³/mol. The van der Waals surface area contributed by atoms with Gasteiger partial charge in [0.15, 0.2) is 11.5 Å². The first-order chi connectivity index (χ1) is 17.9. The van der Waals surface area contributed by atoms with Gasteiger partial charge >= 0.3 is 6.03 Å². The van der Waals surface area contributed by atoms with Gasteiger partial charge in [-0.05, 0) is 45.2 Å². The van der Waals surface area contributed by atoms with Gasteiger partial charge in [0.1, 0.15) is 11.4 Å². The number of hydrogen-bond donors (Lipinski definition) is 3. The Bertz CT molecular complexity index is 1370. The average molecular weight is 510 g/mol. The molecule has 0 aromatic carbocycles. The van der Waals surface area contributed by atoms with Crippen LogP contribution >= 0.6 is 0 Å². The van der Waals surface area contributed by atoms with Crippen LogP contribution in [-0.4, -0.2) is 61.6 Å². The molecule has 0 spiro atoms. The van der Waals surface area contributed by atoms with Crippen molar-refractivity contribution in [3.8, 4) is 0 Å². The molecule has 0 bridgehead atoms. The molecule has 12 nitrogen and oxygen atoms in total. The van der Waals surface area contributed by atoms with Crippen molar-refractivity contribution in [3.63, 3.8) is 0 Å². The van der Waals surface area contributed by atoms with Crippen molar-refractivity contribution in [1.29, 1.82) is 0 Å². The Morgan fingerprint density at radius 3 is 2.68 bits per heavy atom. The minimum atomic E-state index is -0.316. The molecule has 3 aromatic rings. The van der Waals surface area contributed by atoms with Gasteiger partial charge in [-0.3, -0.25) is 19.6 Å². The second-order valence-electron chi connectivity index (χ2n) is 9.94. The average Bonchev–Trinajstić information content (AvgIpc) is 3.55. The van der Waals surface area contributed by atoms with Crippen LogP contribution in [0.5, 0.6) is 0 Å². The van der Waals surface area contributed by atoms with Crippen LogP contribution in [0.3, 0.4) is 0 Å². The normalized spacial score (nSPS) is 18.4. The minimum Gasteiger partial charge on any atom is -0.353 e. The number of nitrogens with one attached hydrogen (secondary N) is 3. The number of carbonyl (C=O) groups is 2. The lowest BCUT2D eigenvalue weighted by molar-refractivity contribution is 0.0938. The smallest absolute Gasteiger partial charge is 0.320 e. The highest BCUT2D eigenvalue weighted by atomic mass is 16.2. The number of fused-ring (bicyclic) bond motifs is 1. The van der Waals surface area contributed by atoms with Gasteiger partial charge in [0.2, 0.25) is 0 Å². The van der Waals surface area contributed by atoms with Crippen molar-refractivity contribution in [1.82, 2.24) is 34.6 Å². The molecule has 5 rings (SSSR count). The first-order valence-electron chi connectivity index (χ1n) is 13.1. The van der Waals surface area contributed by atoms with Crippen molar-refractivity contribution in [2.24, 2.45) is 7.05 Å². The van der Waals surface area contributed by atoms with Crippen molar-refractivity contribution in [2.75, 3.05) is 29.9 Å². The summed E-state index contributed by atoms with van der Waals surface area (Å²) in [6.07, 6.45) is 7.82. The summed E-state index contributed by atoms with van der Waals surface area (Å²) in [4.78, 5) is 44.7. The number of urea groups is 1. The summed E-state index contributed by atoms with van der Waals surface area (Å²) in [5, 5.41) is 13.1. The van der Waals surface area contributed by atoms with Crippen LogP contribution in [0.15, 0.2) is 23.1 Å². The van der Waals surface area contributed by atoms with Crippen LogP contribution in [0.2, 0.25) is 0 Å². The summed E-state index contributed by atoms with van der Waals surface area (Å²) in [5.41, 5.74) is 1.38. The fraction of sp³-hybridized carbons (Fsp3) is 0.560. The highest BCUT2D eigenvalue weighted by Gasteiger charge is 2.30. The summed E-state index contributed by atoms with van der Waals surface area (Å²) in [7, 11) is 1.87. The molecule has 4 heterocycles. The van der Waals surface area contributed by atoms with E-state index in [0.717, 1.165) is 44.5 Å². The first kappa shape index (κ1) is 24.8. The second kappa shape index (κ2) is 10.3. The Balaban J connectivity index is 1.26. The molecule has 198 valence electrons. The van der Waals surface area contributed by atoms with Gasteiger partial charge in [0, 0.05) is 38.4 Å². The van der Waals surface area contributed by atoms with Gasteiger partial charge in [0.25, 0.3) is 11.5 Å². The maximum absolute atomic E-state index is 13.3. The molecule has 3 amide bonds. The van der Waals surface area contributed by atoms with Gasteiger partial charge in [-0.2, -0.15) is 0 Å². The molecule has 1 saturated carbocycles. The van der Waals surface area contributed by atoms with Crippen molar-refractivity contribution in [3.05, 3.63) is 39.9 Å². The second-order valence-corrected chi connectivity index (χ2v) is 9.94. The van der Waals surface area contributed by atoms with E-state index in [-0.39, 0.29) is 35.1 Å². The third-order valence-corrected chi connectivity index (χ3v) is 7.47. The fourth-order valence-electron chi connectivity index (χ4n) is 5.49. The van der Waals surface area contributed by atoms with Gasteiger partial charge in [-0.15, -0.1) is 5.10 Å². The number of nitrogens with zero attached hydrogens (tertiary/aromatic N) is 6. The Kier molecular flexibility index (Phi) is 6.90. The monoisotopic (exact) mass is 509 g/mol. The molecule has 3 N–H and O–H groups in total. The topological polar surface area (TPSA) is 131 Å². The highest BCUT2D eigenvalue weighted by molar-refractivity contribution is 5.95. The van der Waals surface area contributed by atoms with Crippen molar-refractivity contribution < 1.29 is 9.59 Å². The van der Waals surface area contributed by atoms with E-state index in [1.807, 2.05) is 37.7 Å². The Morgan fingerprint density at radius 1 is 1.14 bits per heavy atom. The molecule has 1 aliphatic heterocycles. The van der Waals surface area contributed by atoms with E-state index in [9.17, 15) is 14.4 Å². The molecule has 0 radical (unpaired) electrons. The SMILES string of the molecule is CCNC(=O)Nc1cn2nc(N3CCC(NC(=O)c4c(C)n(C)n(C5CCCCC5)c4=O)C3)ccc2n1. The number of anilines is 2. The Hall–Kier alpha value is -3.83. The number of rotatable bonds is 6. The van der Waals surface area contributed by atoms with E-state index in [1.54, 1.807) is 15.4 Å². The molecular weight excluding hydrogens is 474 g/mol. The Morgan fingerprint density at radius 2 is 1.92 bits per heavy atom. The third kappa shape index (κ3) is 4.92. The van der Waals surface area contributed by atoms with Crippen molar-refractivity contribution >= 4 is 29.2 Å². The summed E-state index contributed by atoms with van der Waals surface area (Å²) in [6, 6.07) is 3.48. The zero-order valence-corrected chi connectivity index (χ0v) is 21.7. The molecule has 1 saturated heterocycles. The largest absolute Gasteiger partial charge is 0.353 e. The number of imidazole rings is 1.